The second kappa shape index (κ2) is 5.65. The zero-order chi connectivity index (χ0) is 13.0. The number of nitrogens with one attached hydrogen (secondary N) is 1. The van der Waals surface area contributed by atoms with Gasteiger partial charge in [-0.05, 0) is 36.8 Å². The fraction of sp³-hybridized carbons (Fsp3) is 0.571. The van der Waals surface area contributed by atoms with Crippen LogP contribution in [0.25, 0.3) is 0 Å². The van der Waals surface area contributed by atoms with Crippen LogP contribution in [-0.2, 0) is 0 Å². The highest BCUT2D eigenvalue weighted by Gasteiger charge is 2.31. The van der Waals surface area contributed by atoms with Gasteiger partial charge in [0.05, 0.1) is 5.69 Å². The fourth-order valence-corrected chi connectivity index (χ4v) is 2.84. The molecule has 0 radical (unpaired) electrons. The summed E-state index contributed by atoms with van der Waals surface area (Å²) < 4.78 is 0. The van der Waals surface area contributed by atoms with Gasteiger partial charge in [-0.1, -0.05) is 38.0 Å². The number of anilines is 1. The molecule has 1 saturated carbocycles. The van der Waals surface area contributed by atoms with Crippen molar-refractivity contribution in [2.24, 2.45) is 11.1 Å². The van der Waals surface area contributed by atoms with Gasteiger partial charge in [0.25, 0.3) is 0 Å². The normalized spacial score (nSPS) is 17.6. The van der Waals surface area contributed by atoms with Gasteiger partial charge < -0.3 is 11.1 Å². The summed E-state index contributed by atoms with van der Waals surface area (Å²) in [7, 11) is 0. The maximum absolute atomic E-state index is 5.59. The van der Waals surface area contributed by atoms with Crippen LogP contribution in [0.15, 0.2) is 18.2 Å². The third kappa shape index (κ3) is 2.99. The number of thiocarbonyl (C=S) groups is 1. The first-order valence-electron chi connectivity index (χ1n) is 6.66. The Hall–Kier alpha value is -1.16. The standard InChI is InChI=1S/C14H21N3S/c1-2-14(8-3-4-9-14)10-16-12-7-5-6-11(17-12)13(15)18/h5-7H,2-4,8-10H2,1H3,(H2,15,18)(H,16,17). The smallest absolute Gasteiger partial charge is 0.126 e. The molecule has 0 aromatic carbocycles. The lowest BCUT2D eigenvalue weighted by atomic mass is 9.83. The van der Waals surface area contributed by atoms with Gasteiger partial charge in [-0.3, -0.25) is 0 Å². The predicted molar refractivity (Wildman–Crippen MR) is 79.8 cm³/mol. The molecule has 0 amide bonds. The summed E-state index contributed by atoms with van der Waals surface area (Å²) >= 11 is 4.95. The molecule has 0 saturated heterocycles. The van der Waals surface area contributed by atoms with Crippen molar-refractivity contribution in [1.82, 2.24) is 4.98 Å². The molecule has 0 unspecified atom stereocenters. The molecule has 1 aliphatic rings. The van der Waals surface area contributed by atoms with Crippen molar-refractivity contribution in [3.05, 3.63) is 23.9 Å². The van der Waals surface area contributed by atoms with Gasteiger partial charge >= 0.3 is 0 Å². The van der Waals surface area contributed by atoms with Crippen molar-refractivity contribution in [3.8, 4) is 0 Å². The quantitative estimate of drug-likeness (QED) is 0.802. The van der Waals surface area contributed by atoms with Crippen molar-refractivity contribution in [3.63, 3.8) is 0 Å². The third-order valence-electron chi connectivity index (χ3n) is 4.06. The number of nitrogens with zero attached hydrogens (tertiary/aromatic N) is 1. The SMILES string of the molecule is CCC1(CNc2cccc(C(N)=S)n2)CCCC1. The maximum atomic E-state index is 5.59. The maximum Gasteiger partial charge on any atom is 0.126 e. The monoisotopic (exact) mass is 263 g/mol. The molecule has 0 aliphatic heterocycles. The number of nitrogens with two attached hydrogens (primary N) is 1. The summed E-state index contributed by atoms with van der Waals surface area (Å²) in [5, 5.41) is 3.45. The predicted octanol–water partition coefficient (Wildman–Crippen LogP) is 3.10. The lowest BCUT2D eigenvalue weighted by Crippen LogP contribution is -2.26. The Labute approximate surface area is 114 Å². The van der Waals surface area contributed by atoms with Gasteiger partial charge in [-0.15, -0.1) is 0 Å². The molecule has 0 atom stereocenters. The van der Waals surface area contributed by atoms with Crippen LogP contribution in [0.2, 0.25) is 0 Å². The zero-order valence-electron chi connectivity index (χ0n) is 10.9. The molecule has 1 heterocycles. The first-order chi connectivity index (χ1) is 8.65. The van der Waals surface area contributed by atoms with E-state index in [-0.39, 0.29) is 0 Å². The minimum absolute atomic E-state index is 0.352. The fourth-order valence-electron chi connectivity index (χ4n) is 2.73. The number of hydrogen-bond acceptors (Lipinski definition) is 3. The molecule has 4 heteroatoms. The molecule has 1 aromatic heterocycles. The van der Waals surface area contributed by atoms with Crippen molar-refractivity contribution >= 4 is 23.0 Å². The molecule has 1 fully saturated rings. The van der Waals surface area contributed by atoms with Crippen molar-refractivity contribution in [2.45, 2.75) is 39.0 Å². The second-order valence-corrected chi connectivity index (χ2v) is 5.63. The Balaban J connectivity index is 2.01. The molecule has 0 spiro atoms. The topological polar surface area (TPSA) is 50.9 Å². The number of aromatic nitrogens is 1. The average Bonchev–Trinajstić information content (AvgIpc) is 2.86. The van der Waals surface area contributed by atoms with E-state index >= 15 is 0 Å². The molecule has 1 aromatic rings. The van der Waals surface area contributed by atoms with Crippen molar-refractivity contribution < 1.29 is 0 Å². The molecule has 3 nitrogen and oxygen atoms in total. The molecule has 18 heavy (non-hydrogen) atoms. The van der Waals surface area contributed by atoms with Gasteiger partial charge in [0.15, 0.2) is 0 Å². The van der Waals surface area contributed by atoms with Crippen molar-refractivity contribution in [1.29, 1.82) is 0 Å². The van der Waals surface area contributed by atoms with E-state index in [1.54, 1.807) is 0 Å². The van der Waals surface area contributed by atoms with Gasteiger partial charge in [-0.2, -0.15) is 0 Å². The molecule has 3 N–H and O–H groups in total. The minimum Gasteiger partial charge on any atom is -0.388 e. The average molecular weight is 263 g/mol. The first kappa shape index (κ1) is 13.3. The second-order valence-electron chi connectivity index (χ2n) is 5.19. The summed E-state index contributed by atoms with van der Waals surface area (Å²) in [6.07, 6.45) is 6.59. The Bertz CT molecular complexity index is 425. The van der Waals surface area contributed by atoms with E-state index < -0.39 is 0 Å². The zero-order valence-corrected chi connectivity index (χ0v) is 11.7. The molecular formula is C14H21N3S. The lowest BCUT2D eigenvalue weighted by molar-refractivity contribution is 0.306. The van der Waals surface area contributed by atoms with Gasteiger partial charge in [-0.25, -0.2) is 4.98 Å². The summed E-state index contributed by atoms with van der Waals surface area (Å²) in [4.78, 5) is 4.77. The van der Waals surface area contributed by atoms with E-state index in [9.17, 15) is 0 Å². The van der Waals surface area contributed by atoms with E-state index in [2.05, 4.69) is 17.2 Å². The molecule has 2 rings (SSSR count). The Morgan fingerprint density at radius 3 is 2.78 bits per heavy atom. The van der Waals surface area contributed by atoms with Crippen LogP contribution in [0, 0.1) is 5.41 Å². The van der Waals surface area contributed by atoms with Crippen LogP contribution in [0.3, 0.4) is 0 Å². The minimum atomic E-state index is 0.352. The van der Waals surface area contributed by atoms with Gasteiger partial charge in [0, 0.05) is 6.54 Å². The number of rotatable bonds is 5. The summed E-state index contributed by atoms with van der Waals surface area (Å²) in [5.74, 6) is 0.875. The van der Waals surface area contributed by atoms with E-state index in [0.717, 1.165) is 12.4 Å². The highest BCUT2D eigenvalue weighted by atomic mass is 32.1. The van der Waals surface area contributed by atoms with Crippen LogP contribution in [0.4, 0.5) is 5.82 Å². The first-order valence-corrected chi connectivity index (χ1v) is 7.07. The van der Waals surface area contributed by atoms with Gasteiger partial charge in [0.1, 0.15) is 10.8 Å². The van der Waals surface area contributed by atoms with E-state index in [0.29, 0.717) is 16.1 Å². The summed E-state index contributed by atoms with van der Waals surface area (Å²) in [6, 6.07) is 5.76. The Morgan fingerprint density at radius 1 is 1.44 bits per heavy atom. The largest absolute Gasteiger partial charge is 0.388 e. The molecule has 98 valence electrons. The summed E-state index contributed by atoms with van der Waals surface area (Å²) in [6.45, 7) is 3.28. The van der Waals surface area contributed by atoms with Gasteiger partial charge in [0.2, 0.25) is 0 Å². The van der Waals surface area contributed by atoms with Crippen LogP contribution in [-0.4, -0.2) is 16.5 Å². The lowest BCUT2D eigenvalue weighted by Gasteiger charge is -2.28. The molecule has 0 bridgehead atoms. The molecular weight excluding hydrogens is 242 g/mol. The van der Waals surface area contributed by atoms with E-state index in [4.69, 9.17) is 18.0 Å². The van der Waals surface area contributed by atoms with Crippen LogP contribution in [0.1, 0.15) is 44.7 Å². The van der Waals surface area contributed by atoms with Crippen LogP contribution >= 0.6 is 12.2 Å². The Kier molecular flexibility index (Phi) is 4.17. The number of pyridine rings is 1. The van der Waals surface area contributed by atoms with E-state index in [1.807, 2.05) is 18.2 Å². The number of hydrogen-bond donors (Lipinski definition) is 2. The molecule has 1 aliphatic carbocycles. The Morgan fingerprint density at radius 2 is 2.17 bits per heavy atom. The van der Waals surface area contributed by atoms with E-state index in [1.165, 1.54) is 32.1 Å². The third-order valence-corrected chi connectivity index (χ3v) is 4.27. The van der Waals surface area contributed by atoms with Crippen molar-refractivity contribution in [2.75, 3.05) is 11.9 Å². The summed E-state index contributed by atoms with van der Waals surface area (Å²) in [5.41, 5.74) is 6.74. The van der Waals surface area contributed by atoms with Crippen LogP contribution < -0.4 is 11.1 Å². The highest BCUT2D eigenvalue weighted by Crippen LogP contribution is 2.40. The highest BCUT2D eigenvalue weighted by molar-refractivity contribution is 7.80. The van der Waals surface area contributed by atoms with Crippen LogP contribution in [0.5, 0.6) is 0 Å².